The number of thioether (sulfide) groups is 1. The molecule has 8 heteroatoms. The van der Waals surface area contributed by atoms with Crippen molar-refractivity contribution in [3.63, 3.8) is 0 Å². The zero-order valence-corrected chi connectivity index (χ0v) is 21.4. The van der Waals surface area contributed by atoms with Crippen LogP contribution in [0.2, 0.25) is 0 Å². The van der Waals surface area contributed by atoms with E-state index in [1.165, 1.54) is 11.8 Å². The van der Waals surface area contributed by atoms with Gasteiger partial charge in [0.1, 0.15) is 12.4 Å². The van der Waals surface area contributed by atoms with E-state index < -0.39 is 5.92 Å². The summed E-state index contributed by atoms with van der Waals surface area (Å²) in [6.45, 7) is 4.50. The van der Waals surface area contributed by atoms with Crippen molar-refractivity contribution < 1.29 is 14.3 Å². The minimum Gasteiger partial charge on any atom is -0.493 e. The molecule has 186 valence electrons. The van der Waals surface area contributed by atoms with Crippen molar-refractivity contribution in [3.8, 4) is 11.5 Å². The third-order valence-electron chi connectivity index (χ3n) is 6.34. The van der Waals surface area contributed by atoms with E-state index in [4.69, 9.17) is 14.5 Å². The number of carbonyl (C=O) groups excluding carboxylic acids is 1. The molecule has 0 fully saturated rings. The number of nitrogens with one attached hydrogen (secondary N) is 2. The SMILES string of the molecule is COc1cc(C2C3=C(CCCC3=O)Nc3nc(SC(C)C)[nH]c(=O)c32)ccc1OCc1ccccc1. The van der Waals surface area contributed by atoms with Crippen molar-refractivity contribution in [2.75, 3.05) is 12.4 Å². The van der Waals surface area contributed by atoms with Crippen molar-refractivity contribution in [2.45, 2.75) is 56.0 Å². The molecule has 0 spiro atoms. The molecule has 1 atom stereocenters. The Bertz CT molecular complexity index is 1380. The second kappa shape index (κ2) is 10.2. The number of methoxy groups -OCH3 is 1. The number of fused-ring (bicyclic) bond motifs is 1. The Hall–Kier alpha value is -3.52. The van der Waals surface area contributed by atoms with Crippen LogP contribution in [0.3, 0.4) is 0 Å². The Balaban J connectivity index is 1.57. The third-order valence-corrected chi connectivity index (χ3v) is 7.23. The van der Waals surface area contributed by atoms with Crippen LogP contribution in [0.25, 0.3) is 0 Å². The summed E-state index contributed by atoms with van der Waals surface area (Å²) in [7, 11) is 1.59. The van der Waals surface area contributed by atoms with Crippen LogP contribution in [0, 0.1) is 0 Å². The molecule has 0 amide bonds. The van der Waals surface area contributed by atoms with Gasteiger partial charge in [0.05, 0.1) is 12.7 Å². The van der Waals surface area contributed by atoms with Crippen LogP contribution >= 0.6 is 11.8 Å². The smallest absolute Gasteiger partial charge is 0.257 e. The lowest BCUT2D eigenvalue weighted by molar-refractivity contribution is -0.116. The first kappa shape index (κ1) is 24.2. The van der Waals surface area contributed by atoms with Crippen LogP contribution in [0.4, 0.5) is 5.82 Å². The molecule has 2 aliphatic rings. The number of nitrogens with zero attached hydrogens (tertiary/aromatic N) is 1. The molecular formula is C28H29N3O4S. The summed E-state index contributed by atoms with van der Waals surface area (Å²) < 4.78 is 11.7. The number of rotatable bonds is 7. The number of carbonyl (C=O) groups is 1. The summed E-state index contributed by atoms with van der Waals surface area (Å²) in [5, 5.41) is 4.15. The lowest BCUT2D eigenvalue weighted by Crippen LogP contribution is -2.32. The highest BCUT2D eigenvalue weighted by molar-refractivity contribution is 7.99. The van der Waals surface area contributed by atoms with Crippen molar-refractivity contribution in [2.24, 2.45) is 0 Å². The van der Waals surface area contributed by atoms with Crippen LogP contribution < -0.4 is 20.3 Å². The number of Topliss-reactive ketones (excluding diaryl/α,β-unsaturated/α-hetero) is 1. The van der Waals surface area contributed by atoms with Crippen molar-refractivity contribution in [3.05, 3.63) is 86.8 Å². The molecule has 5 rings (SSSR count). The monoisotopic (exact) mass is 503 g/mol. The van der Waals surface area contributed by atoms with Crippen molar-refractivity contribution in [1.29, 1.82) is 0 Å². The minimum absolute atomic E-state index is 0.0582. The highest BCUT2D eigenvalue weighted by Gasteiger charge is 2.38. The van der Waals surface area contributed by atoms with E-state index in [2.05, 4.69) is 24.1 Å². The highest BCUT2D eigenvalue weighted by Crippen LogP contribution is 2.45. The number of allylic oxidation sites excluding steroid dienone is 2. The largest absolute Gasteiger partial charge is 0.493 e. The Morgan fingerprint density at radius 3 is 2.64 bits per heavy atom. The molecule has 1 unspecified atom stereocenters. The summed E-state index contributed by atoms with van der Waals surface area (Å²) >= 11 is 1.50. The predicted octanol–water partition coefficient (Wildman–Crippen LogP) is 5.42. The molecule has 1 aliphatic carbocycles. The minimum atomic E-state index is -0.532. The van der Waals surface area contributed by atoms with Gasteiger partial charge < -0.3 is 19.8 Å². The number of anilines is 1. The summed E-state index contributed by atoms with van der Waals surface area (Å²) in [5.41, 5.74) is 3.55. The van der Waals surface area contributed by atoms with Crippen molar-refractivity contribution in [1.82, 2.24) is 9.97 Å². The second-order valence-electron chi connectivity index (χ2n) is 9.21. The molecule has 2 N–H and O–H groups in total. The van der Waals surface area contributed by atoms with Crippen LogP contribution in [-0.2, 0) is 11.4 Å². The van der Waals surface area contributed by atoms with E-state index in [1.54, 1.807) is 7.11 Å². The van der Waals surface area contributed by atoms with Crippen LogP contribution in [0.5, 0.6) is 11.5 Å². The lowest BCUT2D eigenvalue weighted by Gasteiger charge is -2.33. The number of aromatic amines is 1. The van der Waals surface area contributed by atoms with Gasteiger partial charge in [-0.05, 0) is 36.1 Å². The molecular weight excluding hydrogens is 474 g/mol. The zero-order valence-electron chi connectivity index (χ0n) is 20.6. The number of hydrogen-bond acceptors (Lipinski definition) is 7. The molecule has 0 saturated heterocycles. The quantitative estimate of drug-likeness (QED) is 0.328. The fraction of sp³-hybridized carbons (Fsp3) is 0.321. The maximum absolute atomic E-state index is 13.4. The second-order valence-corrected chi connectivity index (χ2v) is 10.8. The predicted molar refractivity (Wildman–Crippen MR) is 141 cm³/mol. The van der Waals surface area contributed by atoms with Gasteiger partial charge in [-0.25, -0.2) is 4.98 Å². The van der Waals surface area contributed by atoms with Gasteiger partial charge in [-0.15, -0.1) is 0 Å². The average molecular weight is 504 g/mol. The third kappa shape index (κ3) is 4.78. The van der Waals surface area contributed by atoms with Gasteiger partial charge in [0.15, 0.2) is 22.4 Å². The van der Waals surface area contributed by atoms with Crippen molar-refractivity contribution >= 4 is 23.4 Å². The van der Waals surface area contributed by atoms with Gasteiger partial charge in [0.2, 0.25) is 0 Å². The fourth-order valence-electron chi connectivity index (χ4n) is 4.77. The van der Waals surface area contributed by atoms with E-state index in [0.717, 1.165) is 29.7 Å². The molecule has 2 heterocycles. The molecule has 0 bridgehead atoms. The molecule has 3 aromatic rings. The molecule has 0 saturated carbocycles. The number of benzene rings is 2. The molecule has 36 heavy (non-hydrogen) atoms. The highest BCUT2D eigenvalue weighted by atomic mass is 32.2. The summed E-state index contributed by atoms with van der Waals surface area (Å²) in [5.74, 6) is 1.19. The van der Waals surface area contributed by atoms with E-state index in [0.29, 0.717) is 46.6 Å². The fourth-order valence-corrected chi connectivity index (χ4v) is 5.51. The lowest BCUT2D eigenvalue weighted by atomic mass is 9.76. The summed E-state index contributed by atoms with van der Waals surface area (Å²) in [6.07, 6.45) is 1.99. The molecule has 1 aromatic heterocycles. The van der Waals surface area contributed by atoms with Gasteiger partial charge in [-0.1, -0.05) is 62.0 Å². The van der Waals surface area contributed by atoms with E-state index >= 15 is 0 Å². The van der Waals surface area contributed by atoms with Gasteiger partial charge in [-0.3, -0.25) is 9.59 Å². The van der Waals surface area contributed by atoms with Crippen LogP contribution in [0.1, 0.15) is 55.7 Å². The van der Waals surface area contributed by atoms with Crippen LogP contribution in [-0.4, -0.2) is 28.1 Å². The van der Waals surface area contributed by atoms with E-state index in [1.807, 2.05) is 48.5 Å². The van der Waals surface area contributed by atoms with Crippen LogP contribution in [0.15, 0.2) is 69.8 Å². The van der Waals surface area contributed by atoms with Gasteiger partial charge >= 0.3 is 0 Å². The van der Waals surface area contributed by atoms with Gasteiger partial charge in [0.25, 0.3) is 5.56 Å². The standard InChI is InChI=1S/C28H29N3O4S/c1-16(2)36-28-30-26-25(27(33)31-28)23(24-19(29-26)10-7-11-20(24)32)18-12-13-21(22(14-18)34-3)35-15-17-8-5-4-6-9-17/h4-6,8-9,12-14,16,23H,7,10-11,15H2,1-3H3,(H2,29,30,31,33). The molecule has 1 aliphatic heterocycles. The Morgan fingerprint density at radius 2 is 1.89 bits per heavy atom. The summed E-state index contributed by atoms with van der Waals surface area (Å²) in [4.78, 5) is 34.2. The zero-order chi connectivity index (χ0) is 25.2. The number of H-pyrrole nitrogens is 1. The van der Waals surface area contributed by atoms with Gasteiger partial charge in [-0.2, -0.15) is 0 Å². The average Bonchev–Trinajstić information content (AvgIpc) is 2.86. The molecule has 7 nitrogen and oxygen atoms in total. The normalized spacial score (nSPS) is 16.9. The van der Waals surface area contributed by atoms with E-state index in [9.17, 15) is 9.59 Å². The number of ketones is 1. The van der Waals surface area contributed by atoms with Gasteiger partial charge in [0, 0.05) is 28.9 Å². The number of ether oxygens (including phenoxy) is 2. The first-order valence-corrected chi connectivity index (χ1v) is 13.0. The number of hydrogen-bond donors (Lipinski definition) is 2. The topological polar surface area (TPSA) is 93.3 Å². The van der Waals surface area contributed by atoms with E-state index in [-0.39, 0.29) is 16.6 Å². The first-order chi connectivity index (χ1) is 17.4. The Morgan fingerprint density at radius 1 is 1.08 bits per heavy atom. The first-order valence-electron chi connectivity index (χ1n) is 12.1. The molecule has 2 aromatic carbocycles. The number of aromatic nitrogens is 2. The molecule has 0 radical (unpaired) electrons. The maximum atomic E-state index is 13.4. The summed E-state index contributed by atoms with van der Waals surface area (Å²) in [6, 6.07) is 15.5. The maximum Gasteiger partial charge on any atom is 0.257 e. The Kier molecular flexibility index (Phi) is 6.87. The Labute approximate surface area is 214 Å².